The molecule has 2 heterocycles. The molecule has 1 aliphatic heterocycles. The second-order valence-electron chi connectivity index (χ2n) is 5.59. The van der Waals surface area contributed by atoms with Crippen molar-refractivity contribution in [2.24, 2.45) is 0 Å². The van der Waals surface area contributed by atoms with Crippen LogP contribution in [0.2, 0.25) is 0 Å². The number of anilines is 2. The number of nitrogens with one attached hydrogen (secondary N) is 1. The van der Waals surface area contributed by atoms with Crippen LogP contribution in [0, 0.1) is 0 Å². The van der Waals surface area contributed by atoms with Crippen LogP contribution >= 0.6 is 0 Å². The van der Waals surface area contributed by atoms with E-state index in [0.29, 0.717) is 0 Å². The monoisotopic (exact) mass is 311 g/mol. The molecule has 0 radical (unpaired) electrons. The van der Waals surface area contributed by atoms with Crippen LogP contribution in [0.15, 0.2) is 42.7 Å². The largest absolute Gasteiger partial charge is 0.366 e. The Morgan fingerprint density at radius 2 is 1.87 bits per heavy atom. The zero-order valence-corrected chi connectivity index (χ0v) is 13.3. The number of piperazine rings is 1. The first-order valence-electron chi connectivity index (χ1n) is 7.83. The van der Waals surface area contributed by atoms with Gasteiger partial charge in [-0.3, -0.25) is 4.79 Å². The highest BCUT2D eigenvalue weighted by Crippen LogP contribution is 2.16. The maximum absolute atomic E-state index is 11.4. The standard InChI is InChI=1S/C17H21N5O/c1-14(23)21-7-9-22(10-8-21)17-11-16(19-13-20-17)18-12-15-5-3-2-4-6-15/h2-6,11,13H,7-10,12H2,1H3,(H,18,19,20). The Labute approximate surface area is 136 Å². The van der Waals surface area contributed by atoms with E-state index in [1.54, 1.807) is 13.3 Å². The van der Waals surface area contributed by atoms with Gasteiger partial charge < -0.3 is 15.1 Å². The topological polar surface area (TPSA) is 61.4 Å². The third-order valence-corrected chi connectivity index (χ3v) is 4.02. The lowest BCUT2D eigenvalue weighted by Gasteiger charge is -2.34. The number of amides is 1. The summed E-state index contributed by atoms with van der Waals surface area (Å²) in [4.78, 5) is 24.1. The Kier molecular flexibility index (Phi) is 4.71. The molecule has 120 valence electrons. The molecule has 0 unspecified atom stereocenters. The Balaban J connectivity index is 1.60. The minimum Gasteiger partial charge on any atom is -0.366 e. The smallest absolute Gasteiger partial charge is 0.219 e. The van der Waals surface area contributed by atoms with Gasteiger partial charge >= 0.3 is 0 Å². The highest BCUT2D eigenvalue weighted by molar-refractivity contribution is 5.73. The Morgan fingerprint density at radius 1 is 1.13 bits per heavy atom. The molecular formula is C17H21N5O. The maximum atomic E-state index is 11.4. The highest BCUT2D eigenvalue weighted by Gasteiger charge is 2.19. The summed E-state index contributed by atoms with van der Waals surface area (Å²) < 4.78 is 0. The van der Waals surface area contributed by atoms with E-state index in [1.165, 1.54) is 5.56 Å². The van der Waals surface area contributed by atoms with Gasteiger partial charge in [-0.1, -0.05) is 30.3 Å². The first-order valence-corrected chi connectivity index (χ1v) is 7.83. The van der Waals surface area contributed by atoms with Crippen molar-refractivity contribution < 1.29 is 4.79 Å². The predicted molar refractivity (Wildman–Crippen MR) is 90.3 cm³/mol. The molecule has 6 heteroatoms. The van der Waals surface area contributed by atoms with E-state index in [-0.39, 0.29) is 5.91 Å². The van der Waals surface area contributed by atoms with E-state index in [9.17, 15) is 4.79 Å². The van der Waals surface area contributed by atoms with E-state index >= 15 is 0 Å². The Morgan fingerprint density at radius 3 is 2.57 bits per heavy atom. The SMILES string of the molecule is CC(=O)N1CCN(c2cc(NCc3ccccc3)ncn2)CC1. The van der Waals surface area contributed by atoms with Crippen molar-refractivity contribution in [1.82, 2.24) is 14.9 Å². The van der Waals surface area contributed by atoms with Crippen molar-refractivity contribution >= 4 is 17.5 Å². The van der Waals surface area contributed by atoms with Gasteiger partial charge in [0, 0.05) is 45.7 Å². The van der Waals surface area contributed by atoms with Crippen molar-refractivity contribution in [3.05, 3.63) is 48.3 Å². The molecule has 1 aromatic heterocycles. The fourth-order valence-corrected chi connectivity index (χ4v) is 2.66. The van der Waals surface area contributed by atoms with Crippen LogP contribution in [0.5, 0.6) is 0 Å². The van der Waals surface area contributed by atoms with Crippen LogP contribution < -0.4 is 10.2 Å². The average Bonchev–Trinajstić information content (AvgIpc) is 2.61. The zero-order chi connectivity index (χ0) is 16.1. The van der Waals surface area contributed by atoms with Crippen molar-refractivity contribution in [2.45, 2.75) is 13.5 Å². The summed E-state index contributed by atoms with van der Waals surface area (Å²) in [6.07, 6.45) is 1.58. The molecule has 3 rings (SSSR count). The second-order valence-corrected chi connectivity index (χ2v) is 5.59. The number of aromatic nitrogens is 2. The van der Waals surface area contributed by atoms with Crippen LogP contribution in [-0.4, -0.2) is 47.0 Å². The van der Waals surface area contributed by atoms with Gasteiger partial charge in [-0.25, -0.2) is 9.97 Å². The molecule has 0 aliphatic carbocycles. The van der Waals surface area contributed by atoms with Gasteiger partial charge in [0.2, 0.25) is 5.91 Å². The minimum atomic E-state index is 0.137. The van der Waals surface area contributed by atoms with Crippen LogP contribution in [-0.2, 0) is 11.3 Å². The summed E-state index contributed by atoms with van der Waals surface area (Å²) in [6, 6.07) is 12.2. The van der Waals surface area contributed by atoms with Crippen LogP contribution in [0.1, 0.15) is 12.5 Å². The molecule has 1 aliphatic rings. The van der Waals surface area contributed by atoms with Gasteiger partial charge in [-0.2, -0.15) is 0 Å². The van der Waals surface area contributed by atoms with Crippen LogP contribution in [0.4, 0.5) is 11.6 Å². The summed E-state index contributed by atoms with van der Waals surface area (Å²) in [6.45, 7) is 5.43. The number of hydrogen-bond acceptors (Lipinski definition) is 5. The van der Waals surface area contributed by atoms with Gasteiger partial charge in [0.25, 0.3) is 0 Å². The van der Waals surface area contributed by atoms with E-state index in [2.05, 4.69) is 32.3 Å². The lowest BCUT2D eigenvalue weighted by atomic mass is 10.2. The van der Waals surface area contributed by atoms with Crippen molar-refractivity contribution in [1.29, 1.82) is 0 Å². The third kappa shape index (κ3) is 3.97. The average molecular weight is 311 g/mol. The van der Waals surface area contributed by atoms with Crippen LogP contribution in [0.25, 0.3) is 0 Å². The Hall–Kier alpha value is -2.63. The van der Waals surface area contributed by atoms with Gasteiger partial charge in [-0.05, 0) is 5.56 Å². The van der Waals surface area contributed by atoms with Gasteiger partial charge in [0.1, 0.15) is 18.0 Å². The number of carbonyl (C=O) groups excluding carboxylic acids is 1. The molecule has 0 saturated carbocycles. The number of nitrogens with zero attached hydrogens (tertiary/aromatic N) is 4. The summed E-state index contributed by atoms with van der Waals surface area (Å²) in [5.41, 5.74) is 1.21. The molecule has 1 N–H and O–H groups in total. The maximum Gasteiger partial charge on any atom is 0.219 e. The first kappa shape index (κ1) is 15.3. The van der Waals surface area contributed by atoms with E-state index in [4.69, 9.17) is 0 Å². The van der Waals surface area contributed by atoms with E-state index in [0.717, 1.165) is 44.4 Å². The predicted octanol–water partition coefficient (Wildman–Crippen LogP) is 1.76. The number of benzene rings is 1. The molecular weight excluding hydrogens is 290 g/mol. The molecule has 1 aromatic carbocycles. The number of hydrogen-bond donors (Lipinski definition) is 1. The molecule has 2 aromatic rings. The van der Waals surface area contributed by atoms with Crippen molar-refractivity contribution in [3.8, 4) is 0 Å². The Bertz CT molecular complexity index is 653. The normalized spacial score (nSPS) is 14.7. The van der Waals surface area contributed by atoms with Crippen molar-refractivity contribution in [2.75, 3.05) is 36.4 Å². The summed E-state index contributed by atoms with van der Waals surface area (Å²) in [5, 5.41) is 3.33. The van der Waals surface area contributed by atoms with Crippen molar-refractivity contribution in [3.63, 3.8) is 0 Å². The van der Waals surface area contributed by atoms with Gasteiger partial charge in [0.05, 0.1) is 0 Å². The molecule has 1 amide bonds. The first-order chi connectivity index (χ1) is 11.2. The molecule has 1 fully saturated rings. The molecule has 0 bridgehead atoms. The quantitative estimate of drug-likeness (QED) is 0.932. The lowest BCUT2D eigenvalue weighted by Crippen LogP contribution is -2.48. The summed E-state index contributed by atoms with van der Waals surface area (Å²) >= 11 is 0. The minimum absolute atomic E-state index is 0.137. The van der Waals surface area contributed by atoms with E-state index in [1.807, 2.05) is 29.2 Å². The van der Waals surface area contributed by atoms with Crippen LogP contribution in [0.3, 0.4) is 0 Å². The zero-order valence-electron chi connectivity index (χ0n) is 13.3. The lowest BCUT2D eigenvalue weighted by molar-refractivity contribution is -0.129. The number of rotatable bonds is 4. The molecule has 0 atom stereocenters. The van der Waals surface area contributed by atoms with Gasteiger partial charge in [-0.15, -0.1) is 0 Å². The summed E-state index contributed by atoms with van der Waals surface area (Å²) in [5.74, 6) is 1.85. The summed E-state index contributed by atoms with van der Waals surface area (Å²) in [7, 11) is 0. The fraction of sp³-hybridized carbons (Fsp3) is 0.353. The van der Waals surface area contributed by atoms with Gasteiger partial charge in [0.15, 0.2) is 0 Å². The fourth-order valence-electron chi connectivity index (χ4n) is 2.66. The molecule has 6 nitrogen and oxygen atoms in total. The molecule has 1 saturated heterocycles. The third-order valence-electron chi connectivity index (χ3n) is 4.02. The molecule has 0 spiro atoms. The second kappa shape index (κ2) is 7.09. The molecule has 23 heavy (non-hydrogen) atoms. The van der Waals surface area contributed by atoms with E-state index < -0.39 is 0 Å². The number of carbonyl (C=O) groups is 1. The highest BCUT2D eigenvalue weighted by atomic mass is 16.2.